The van der Waals surface area contributed by atoms with Crippen molar-refractivity contribution in [3.05, 3.63) is 53.2 Å². The number of methoxy groups -OCH3 is 2. The number of hydrogen-bond donors (Lipinski definition) is 0. The maximum absolute atomic E-state index is 13.3. The molecule has 0 atom stereocenters. The fraction of sp³-hybridized carbons (Fsp3) is 0.346. The number of rotatable bonds is 6. The lowest BCUT2D eigenvalue weighted by Gasteiger charge is -2.23. The molecule has 0 saturated carbocycles. The van der Waals surface area contributed by atoms with Gasteiger partial charge in [-0.2, -0.15) is 0 Å². The summed E-state index contributed by atoms with van der Waals surface area (Å²) in [6, 6.07) is 12.3. The summed E-state index contributed by atoms with van der Waals surface area (Å²) in [6.45, 7) is 5.01. The van der Waals surface area contributed by atoms with Gasteiger partial charge in [0.25, 0.3) is 0 Å². The maximum atomic E-state index is 13.3. The van der Waals surface area contributed by atoms with Gasteiger partial charge in [-0.05, 0) is 55.7 Å². The predicted molar refractivity (Wildman–Crippen MR) is 127 cm³/mol. The monoisotopic (exact) mass is 434 g/mol. The summed E-state index contributed by atoms with van der Waals surface area (Å²) in [4.78, 5) is 15.3. The SMILES string of the molecule is CCOC(=O)c1c(-c2ccc(N(C)C)cc2)c(C)n2c1-c1cc(OC)c(OC)cc1CC2. The van der Waals surface area contributed by atoms with Crippen molar-refractivity contribution in [1.29, 1.82) is 0 Å². The molecule has 0 aliphatic carbocycles. The molecule has 6 nitrogen and oxygen atoms in total. The molecule has 0 amide bonds. The first-order valence-electron chi connectivity index (χ1n) is 10.8. The Morgan fingerprint density at radius 1 is 1.06 bits per heavy atom. The fourth-order valence-corrected chi connectivity index (χ4v) is 4.56. The minimum absolute atomic E-state index is 0.307. The largest absolute Gasteiger partial charge is 0.493 e. The number of nitrogens with zero attached hydrogens (tertiary/aromatic N) is 2. The molecular weight excluding hydrogens is 404 g/mol. The Labute approximate surface area is 189 Å². The molecule has 0 radical (unpaired) electrons. The average molecular weight is 435 g/mol. The summed E-state index contributed by atoms with van der Waals surface area (Å²) in [5, 5.41) is 0. The molecule has 6 heteroatoms. The van der Waals surface area contributed by atoms with Crippen molar-refractivity contribution in [2.75, 3.05) is 39.8 Å². The molecule has 0 spiro atoms. The van der Waals surface area contributed by atoms with E-state index in [0.717, 1.165) is 52.3 Å². The van der Waals surface area contributed by atoms with Crippen molar-refractivity contribution in [3.63, 3.8) is 0 Å². The fourth-order valence-electron chi connectivity index (χ4n) is 4.56. The quantitative estimate of drug-likeness (QED) is 0.514. The number of carbonyl (C=O) groups is 1. The molecule has 2 aromatic carbocycles. The minimum Gasteiger partial charge on any atom is -0.493 e. The molecule has 32 heavy (non-hydrogen) atoms. The van der Waals surface area contributed by atoms with E-state index in [1.54, 1.807) is 14.2 Å². The summed E-state index contributed by atoms with van der Waals surface area (Å²) in [5.74, 6) is 1.03. The third kappa shape index (κ3) is 3.49. The van der Waals surface area contributed by atoms with Gasteiger partial charge in [0, 0.05) is 43.1 Å². The van der Waals surface area contributed by atoms with E-state index in [1.165, 1.54) is 0 Å². The number of carbonyl (C=O) groups excluding carboxylic acids is 1. The first-order chi connectivity index (χ1) is 15.4. The number of esters is 1. The van der Waals surface area contributed by atoms with E-state index in [0.29, 0.717) is 23.7 Å². The van der Waals surface area contributed by atoms with Crippen LogP contribution in [0.1, 0.15) is 28.5 Å². The standard InChI is InChI=1S/C26H30N2O4/c1-7-32-26(29)24-23(17-8-10-19(11-9-17)27(3)4)16(2)28-13-12-18-14-21(30-5)22(31-6)15-20(18)25(24)28/h8-11,14-15H,7,12-13H2,1-6H3. The van der Waals surface area contributed by atoms with Crippen molar-refractivity contribution in [2.24, 2.45) is 0 Å². The van der Waals surface area contributed by atoms with E-state index >= 15 is 0 Å². The molecular formula is C26H30N2O4. The Morgan fingerprint density at radius 2 is 1.72 bits per heavy atom. The van der Waals surface area contributed by atoms with Crippen LogP contribution in [0, 0.1) is 6.92 Å². The molecule has 0 saturated heterocycles. The third-order valence-electron chi connectivity index (χ3n) is 6.14. The van der Waals surface area contributed by atoms with Crippen LogP contribution in [0.2, 0.25) is 0 Å². The molecule has 2 heterocycles. The number of aromatic nitrogens is 1. The van der Waals surface area contributed by atoms with Crippen molar-refractivity contribution in [1.82, 2.24) is 4.57 Å². The first-order valence-corrected chi connectivity index (χ1v) is 10.8. The van der Waals surface area contributed by atoms with Crippen molar-refractivity contribution in [2.45, 2.75) is 26.8 Å². The minimum atomic E-state index is -0.307. The van der Waals surface area contributed by atoms with Crippen LogP contribution in [0.3, 0.4) is 0 Å². The Bertz CT molecular complexity index is 1160. The molecule has 1 aliphatic rings. The first kappa shape index (κ1) is 21.8. The van der Waals surface area contributed by atoms with Crippen LogP contribution < -0.4 is 14.4 Å². The number of aryl methyl sites for hydroxylation is 1. The highest BCUT2D eigenvalue weighted by Crippen LogP contribution is 2.45. The Hall–Kier alpha value is -3.41. The van der Waals surface area contributed by atoms with Crippen molar-refractivity contribution in [3.8, 4) is 33.9 Å². The van der Waals surface area contributed by atoms with Gasteiger partial charge in [-0.25, -0.2) is 4.79 Å². The third-order valence-corrected chi connectivity index (χ3v) is 6.14. The zero-order chi connectivity index (χ0) is 23.0. The highest BCUT2D eigenvalue weighted by atomic mass is 16.5. The van der Waals surface area contributed by atoms with Crippen LogP contribution in [-0.2, 0) is 17.7 Å². The Balaban J connectivity index is 1.99. The topological polar surface area (TPSA) is 52.9 Å². The molecule has 0 N–H and O–H groups in total. The maximum Gasteiger partial charge on any atom is 0.340 e. The second kappa shape index (κ2) is 8.61. The van der Waals surface area contributed by atoms with Crippen LogP contribution >= 0.6 is 0 Å². The van der Waals surface area contributed by atoms with Crippen LogP contribution in [0.5, 0.6) is 11.5 Å². The zero-order valence-electron chi connectivity index (χ0n) is 19.6. The molecule has 168 valence electrons. The molecule has 3 aromatic rings. The summed E-state index contributed by atoms with van der Waals surface area (Å²) in [7, 11) is 7.29. The van der Waals surface area contributed by atoms with Gasteiger partial charge < -0.3 is 23.7 Å². The second-order valence-corrected chi connectivity index (χ2v) is 8.11. The van der Waals surface area contributed by atoms with Gasteiger partial charge >= 0.3 is 5.97 Å². The molecule has 1 aromatic heterocycles. The normalized spacial score (nSPS) is 12.1. The summed E-state index contributed by atoms with van der Waals surface area (Å²) in [5.41, 5.74) is 7.69. The number of benzene rings is 2. The number of anilines is 1. The molecule has 0 fully saturated rings. The van der Waals surface area contributed by atoms with Crippen molar-refractivity contribution >= 4 is 11.7 Å². The number of ether oxygens (including phenoxy) is 3. The summed E-state index contributed by atoms with van der Waals surface area (Å²) in [6.07, 6.45) is 0.847. The highest BCUT2D eigenvalue weighted by Gasteiger charge is 2.32. The van der Waals surface area contributed by atoms with Gasteiger partial charge in [0.15, 0.2) is 11.5 Å². The predicted octanol–water partition coefficient (Wildman–Crippen LogP) is 4.95. The van der Waals surface area contributed by atoms with Crippen LogP contribution in [0.15, 0.2) is 36.4 Å². The molecule has 1 aliphatic heterocycles. The van der Waals surface area contributed by atoms with E-state index in [9.17, 15) is 4.79 Å². The smallest absolute Gasteiger partial charge is 0.340 e. The molecule has 0 unspecified atom stereocenters. The lowest BCUT2D eigenvalue weighted by molar-refractivity contribution is 0.0528. The second-order valence-electron chi connectivity index (χ2n) is 8.11. The Morgan fingerprint density at radius 3 is 2.31 bits per heavy atom. The van der Waals surface area contributed by atoms with Crippen LogP contribution in [-0.4, -0.2) is 45.5 Å². The molecule has 0 bridgehead atoms. The van der Waals surface area contributed by atoms with Gasteiger partial charge in [0.05, 0.1) is 32.1 Å². The molecule has 4 rings (SSSR count). The van der Waals surface area contributed by atoms with E-state index in [2.05, 4.69) is 40.7 Å². The van der Waals surface area contributed by atoms with E-state index in [1.807, 2.05) is 33.2 Å². The zero-order valence-corrected chi connectivity index (χ0v) is 19.6. The highest BCUT2D eigenvalue weighted by molar-refractivity contribution is 6.05. The van der Waals surface area contributed by atoms with Crippen LogP contribution in [0.4, 0.5) is 5.69 Å². The van der Waals surface area contributed by atoms with Gasteiger partial charge in [0.2, 0.25) is 0 Å². The van der Waals surface area contributed by atoms with E-state index in [-0.39, 0.29) is 5.97 Å². The number of hydrogen-bond acceptors (Lipinski definition) is 5. The van der Waals surface area contributed by atoms with E-state index in [4.69, 9.17) is 14.2 Å². The van der Waals surface area contributed by atoms with Gasteiger partial charge in [-0.3, -0.25) is 0 Å². The van der Waals surface area contributed by atoms with Crippen molar-refractivity contribution < 1.29 is 19.0 Å². The lowest BCUT2D eigenvalue weighted by atomic mass is 9.93. The average Bonchev–Trinajstić information content (AvgIpc) is 3.11. The van der Waals surface area contributed by atoms with Crippen LogP contribution in [0.25, 0.3) is 22.4 Å². The van der Waals surface area contributed by atoms with Gasteiger partial charge in [-0.15, -0.1) is 0 Å². The van der Waals surface area contributed by atoms with Gasteiger partial charge in [0.1, 0.15) is 0 Å². The summed E-state index contributed by atoms with van der Waals surface area (Å²) < 4.78 is 18.8. The number of fused-ring (bicyclic) bond motifs is 3. The van der Waals surface area contributed by atoms with E-state index < -0.39 is 0 Å². The van der Waals surface area contributed by atoms with Gasteiger partial charge in [-0.1, -0.05) is 12.1 Å². The Kier molecular flexibility index (Phi) is 5.87. The lowest BCUT2D eigenvalue weighted by Crippen LogP contribution is -2.15. The summed E-state index contributed by atoms with van der Waals surface area (Å²) >= 11 is 0.